The summed E-state index contributed by atoms with van der Waals surface area (Å²) < 4.78 is 0. The highest BCUT2D eigenvalue weighted by molar-refractivity contribution is 5.87. The first-order valence-electron chi connectivity index (χ1n) is 8.42. The Bertz CT molecular complexity index is 531. The number of rotatable bonds is 4. The highest BCUT2D eigenvalue weighted by Gasteiger charge is 2.17. The monoisotopic (exact) mass is 283 g/mol. The van der Waals surface area contributed by atoms with Crippen molar-refractivity contribution in [2.75, 3.05) is 0 Å². The molecule has 1 fully saturated rings. The number of benzene rings is 1. The maximum Gasteiger partial charge on any atom is 0.0302 e. The Balaban J connectivity index is 2.18. The van der Waals surface area contributed by atoms with E-state index in [2.05, 4.69) is 52.1 Å². The molecular formula is C20H29N. The molecule has 0 atom stereocenters. The van der Waals surface area contributed by atoms with Gasteiger partial charge in [-0.3, -0.25) is 4.99 Å². The Morgan fingerprint density at radius 1 is 1.19 bits per heavy atom. The van der Waals surface area contributed by atoms with Crippen LogP contribution in [0.15, 0.2) is 29.4 Å². The Hall–Kier alpha value is -1.37. The van der Waals surface area contributed by atoms with Crippen molar-refractivity contribution in [2.45, 2.75) is 66.2 Å². The molecule has 0 N–H and O–H groups in total. The number of aryl methyl sites for hydroxylation is 2. The van der Waals surface area contributed by atoms with Crippen molar-refractivity contribution in [3.8, 4) is 0 Å². The summed E-state index contributed by atoms with van der Waals surface area (Å²) in [4.78, 5) is 4.86. The van der Waals surface area contributed by atoms with Gasteiger partial charge in [0.1, 0.15) is 0 Å². The van der Waals surface area contributed by atoms with Crippen LogP contribution in [0.3, 0.4) is 0 Å². The van der Waals surface area contributed by atoms with Gasteiger partial charge in [0.25, 0.3) is 0 Å². The standard InChI is InChI=1S/C20H29N/c1-5-20(18-9-7-6-8-10-18)21-14-17(4)19-12-11-15(2)13-16(19)3/h11-14,18H,5-10H2,1-4H3/b17-14+,21-20+. The molecule has 0 amide bonds. The fourth-order valence-electron chi connectivity index (χ4n) is 3.43. The Kier molecular flexibility index (Phi) is 5.78. The zero-order chi connectivity index (χ0) is 15.2. The molecule has 1 nitrogen and oxygen atoms in total. The van der Waals surface area contributed by atoms with E-state index in [1.165, 1.54) is 60.1 Å². The van der Waals surface area contributed by atoms with Gasteiger partial charge >= 0.3 is 0 Å². The number of hydrogen-bond acceptors (Lipinski definition) is 1. The second-order valence-electron chi connectivity index (χ2n) is 6.44. The van der Waals surface area contributed by atoms with Crippen molar-refractivity contribution in [3.63, 3.8) is 0 Å². The van der Waals surface area contributed by atoms with E-state index in [0.717, 1.165) is 12.3 Å². The molecular weight excluding hydrogens is 254 g/mol. The average Bonchev–Trinajstić information content (AvgIpc) is 2.48. The molecule has 0 bridgehead atoms. The van der Waals surface area contributed by atoms with Crippen molar-refractivity contribution in [1.29, 1.82) is 0 Å². The van der Waals surface area contributed by atoms with E-state index in [-0.39, 0.29) is 0 Å². The third-order valence-electron chi connectivity index (χ3n) is 4.67. The first-order valence-corrected chi connectivity index (χ1v) is 8.42. The average molecular weight is 283 g/mol. The predicted molar refractivity (Wildman–Crippen MR) is 93.9 cm³/mol. The molecule has 1 aliphatic carbocycles. The lowest BCUT2D eigenvalue weighted by Gasteiger charge is -2.22. The van der Waals surface area contributed by atoms with E-state index in [1.807, 2.05) is 0 Å². The summed E-state index contributed by atoms with van der Waals surface area (Å²) in [5.74, 6) is 0.729. The van der Waals surface area contributed by atoms with Gasteiger partial charge in [0.2, 0.25) is 0 Å². The fraction of sp³-hybridized carbons (Fsp3) is 0.550. The smallest absolute Gasteiger partial charge is 0.0302 e. The summed E-state index contributed by atoms with van der Waals surface area (Å²) in [6.07, 6.45) is 10.0. The number of aliphatic imine (C=N–C) groups is 1. The third-order valence-corrected chi connectivity index (χ3v) is 4.67. The van der Waals surface area contributed by atoms with Gasteiger partial charge in [0.15, 0.2) is 0 Å². The van der Waals surface area contributed by atoms with Gasteiger partial charge < -0.3 is 0 Å². The molecule has 1 aliphatic rings. The fourth-order valence-corrected chi connectivity index (χ4v) is 3.43. The summed E-state index contributed by atoms with van der Waals surface area (Å²) in [5, 5.41) is 0. The van der Waals surface area contributed by atoms with Crippen LogP contribution in [-0.2, 0) is 0 Å². The van der Waals surface area contributed by atoms with Gasteiger partial charge in [-0.1, -0.05) is 49.9 Å². The highest BCUT2D eigenvalue weighted by Crippen LogP contribution is 2.26. The van der Waals surface area contributed by atoms with Crippen molar-refractivity contribution in [2.24, 2.45) is 10.9 Å². The van der Waals surface area contributed by atoms with Crippen LogP contribution in [0.25, 0.3) is 5.57 Å². The van der Waals surface area contributed by atoms with E-state index in [1.54, 1.807) is 0 Å². The van der Waals surface area contributed by atoms with E-state index in [0.29, 0.717) is 0 Å². The molecule has 0 unspecified atom stereocenters. The largest absolute Gasteiger partial charge is 0.265 e. The van der Waals surface area contributed by atoms with Gasteiger partial charge in [-0.15, -0.1) is 0 Å². The van der Waals surface area contributed by atoms with Crippen LogP contribution in [0.5, 0.6) is 0 Å². The van der Waals surface area contributed by atoms with Crippen LogP contribution in [-0.4, -0.2) is 5.71 Å². The van der Waals surface area contributed by atoms with Gasteiger partial charge in [-0.25, -0.2) is 0 Å². The Morgan fingerprint density at radius 3 is 2.52 bits per heavy atom. The van der Waals surface area contributed by atoms with E-state index in [4.69, 9.17) is 4.99 Å². The van der Waals surface area contributed by atoms with Crippen molar-refractivity contribution >= 4 is 11.3 Å². The van der Waals surface area contributed by atoms with Crippen molar-refractivity contribution in [1.82, 2.24) is 0 Å². The normalized spacial score (nSPS) is 18.1. The highest BCUT2D eigenvalue weighted by atomic mass is 14.7. The minimum atomic E-state index is 0.729. The molecule has 0 aromatic heterocycles. The second kappa shape index (κ2) is 7.59. The second-order valence-corrected chi connectivity index (χ2v) is 6.44. The summed E-state index contributed by atoms with van der Waals surface area (Å²) >= 11 is 0. The summed E-state index contributed by atoms with van der Waals surface area (Å²) in [7, 11) is 0. The third kappa shape index (κ3) is 4.30. The summed E-state index contributed by atoms with van der Waals surface area (Å²) in [5.41, 5.74) is 6.66. The van der Waals surface area contributed by atoms with E-state index in [9.17, 15) is 0 Å². The molecule has 0 saturated heterocycles. The molecule has 0 heterocycles. The minimum Gasteiger partial charge on any atom is -0.265 e. The van der Waals surface area contributed by atoms with Crippen molar-refractivity contribution in [3.05, 3.63) is 41.1 Å². The number of allylic oxidation sites excluding steroid dienone is 1. The summed E-state index contributed by atoms with van der Waals surface area (Å²) in [6.45, 7) is 8.75. The van der Waals surface area contributed by atoms with E-state index >= 15 is 0 Å². The minimum absolute atomic E-state index is 0.729. The first kappa shape index (κ1) is 16.0. The zero-order valence-corrected chi connectivity index (χ0v) is 14.1. The van der Waals surface area contributed by atoms with Crippen LogP contribution >= 0.6 is 0 Å². The zero-order valence-electron chi connectivity index (χ0n) is 14.1. The maximum absolute atomic E-state index is 4.86. The van der Waals surface area contributed by atoms with Gasteiger partial charge in [0.05, 0.1) is 0 Å². The molecule has 0 radical (unpaired) electrons. The quantitative estimate of drug-likeness (QED) is 0.592. The molecule has 1 heteroatoms. The SMILES string of the molecule is CC/C(=N\C=C(/C)c1ccc(C)cc1C)C1CCCCC1. The molecule has 0 spiro atoms. The van der Waals surface area contributed by atoms with Crippen LogP contribution < -0.4 is 0 Å². The lowest BCUT2D eigenvalue weighted by Crippen LogP contribution is -2.16. The maximum atomic E-state index is 4.86. The van der Waals surface area contributed by atoms with Crippen LogP contribution in [0.4, 0.5) is 0 Å². The van der Waals surface area contributed by atoms with Crippen LogP contribution in [0.2, 0.25) is 0 Å². The van der Waals surface area contributed by atoms with Gasteiger partial charge in [-0.2, -0.15) is 0 Å². The predicted octanol–water partition coefficient (Wildman–Crippen LogP) is 6.10. The first-order chi connectivity index (χ1) is 10.1. The molecule has 21 heavy (non-hydrogen) atoms. The molecule has 0 aliphatic heterocycles. The molecule has 1 aromatic rings. The van der Waals surface area contributed by atoms with Crippen molar-refractivity contribution < 1.29 is 0 Å². The summed E-state index contributed by atoms with van der Waals surface area (Å²) in [6, 6.07) is 6.65. The molecule has 1 saturated carbocycles. The molecule has 2 rings (SSSR count). The Morgan fingerprint density at radius 2 is 1.90 bits per heavy atom. The molecule has 1 aromatic carbocycles. The van der Waals surface area contributed by atoms with Crippen LogP contribution in [0, 0.1) is 19.8 Å². The Labute approximate surface area is 130 Å². The number of hydrogen-bond donors (Lipinski definition) is 0. The van der Waals surface area contributed by atoms with Crippen LogP contribution in [0.1, 0.15) is 69.1 Å². The van der Waals surface area contributed by atoms with E-state index < -0.39 is 0 Å². The number of nitrogens with zero attached hydrogens (tertiary/aromatic N) is 1. The lowest BCUT2D eigenvalue weighted by molar-refractivity contribution is 0.436. The topological polar surface area (TPSA) is 12.4 Å². The van der Waals surface area contributed by atoms with Gasteiger partial charge in [-0.05, 0) is 62.7 Å². The van der Waals surface area contributed by atoms with Gasteiger partial charge in [0, 0.05) is 11.9 Å². The lowest BCUT2D eigenvalue weighted by atomic mass is 9.85. The molecule has 114 valence electrons.